The summed E-state index contributed by atoms with van der Waals surface area (Å²) in [6.45, 7) is 3.22. The van der Waals surface area contributed by atoms with E-state index in [-0.39, 0.29) is 11.5 Å². The van der Waals surface area contributed by atoms with Gasteiger partial charge in [-0.1, -0.05) is 6.92 Å². The minimum atomic E-state index is -2.90. The van der Waals surface area contributed by atoms with Gasteiger partial charge >= 0.3 is 0 Å². The fourth-order valence-corrected chi connectivity index (χ4v) is 2.89. The van der Waals surface area contributed by atoms with Crippen LogP contribution in [0.1, 0.15) is 31.5 Å². The van der Waals surface area contributed by atoms with Gasteiger partial charge in [0.2, 0.25) is 0 Å². The van der Waals surface area contributed by atoms with Crippen LogP contribution in [0.15, 0.2) is 12.5 Å². The summed E-state index contributed by atoms with van der Waals surface area (Å²) in [4.78, 5) is 4.12. The lowest BCUT2D eigenvalue weighted by Crippen LogP contribution is -2.20. The van der Waals surface area contributed by atoms with Crippen molar-refractivity contribution in [2.75, 3.05) is 18.1 Å². The molecule has 0 saturated carbocycles. The molecule has 1 atom stereocenters. The summed E-state index contributed by atoms with van der Waals surface area (Å²) in [5.41, 5.74) is 1.11. The standard InChI is InChI=1S/C11H19N3O2S/c1-2-17(15,16)7-6-14-9-12-8-11(14)10-4-3-5-13-10/h8-10,13H,2-7H2,1H3. The van der Waals surface area contributed by atoms with Crippen LogP contribution in [0, 0.1) is 0 Å². The third kappa shape index (κ3) is 3.07. The van der Waals surface area contributed by atoms with Gasteiger partial charge in [-0.05, 0) is 19.4 Å². The second kappa shape index (κ2) is 5.18. The van der Waals surface area contributed by atoms with Crippen molar-refractivity contribution in [1.29, 1.82) is 0 Å². The first-order valence-corrected chi connectivity index (χ1v) is 7.88. The Balaban J connectivity index is 2.04. The van der Waals surface area contributed by atoms with Crippen LogP contribution in [0.25, 0.3) is 0 Å². The Kier molecular flexibility index (Phi) is 3.83. The van der Waals surface area contributed by atoms with Gasteiger partial charge in [0.25, 0.3) is 0 Å². The molecule has 1 unspecified atom stereocenters. The van der Waals surface area contributed by atoms with Gasteiger partial charge in [0.1, 0.15) is 0 Å². The Morgan fingerprint density at radius 2 is 2.41 bits per heavy atom. The fourth-order valence-electron chi connectivity index (χ4n) is 2.13. The highest BCUT2D eigenvalue weighted by molar-refractivity contribution is 7.91. The highest BCUT2D eigenvalue weighted by atomic mass is 32.2. The smallest absolute Gasteiger partial charge is 0.151 e. The Morgan fingerprint density at radius 3 is 3.06 bits per heavy atom. The monoisotopic (exact) mass is 257 g/mol. The average molecular weight is 257 g/mol. The number of nitrogens with one attached hydrogen (secondary N) is 1. The van der Waals surface area contributed by atoms with Gasteiger partial charge in [-0.2, -0.15) is 0 Å². The van der Waals surface area contributed by atoms with Gasteiger partial charge in [-0.15, -0.1) is 0 Å². The zero-order valence-electron chi connectivity index (χ0n) is 10.1. The van der Waals surface area contributed by atoms with E-state index in [1.165, 1.54) is 6.42 Å². The molecule has 0 radical (unpaired) electrons. The number of aryl methyl sites for hydroxylation is 1. The van der Waals surface area contributed by atoms with Crippen molar-refractivity contribution in [2.24, 2.45) is 0 Å². The van der Waals surface area contributed by atoms with Crippen LogP contribution in [0.4, 0.5) is 0 Å². The minimum absolute atomic E-state index is 0.194. The van der Waals surface area contributed by atoms with Crippen LogP contribution in [-0.4, -0.2) is 36.0 Å². The lowest BCUT2D eigenvalue weighted by atomic mass is 10.2. The molecule has 1 N–H and O–H groups in total. The molecule has 1 aromatic rings. The normalized spacial score (nSPS) is 20.9. The van der Waals surface area contributed by atoms with E-state index in [0.29, 0.717) is 12.6 Å². The molecule has 0 aliphatic carbocycles. The zero-order chi connectivity index (χ0) is 12.3. The summed E-state index contributed by atoms with van der Waals surface area (Å²) in [7, 11) is -2.90. The van der Waals surface area contributed by atoms with E-state index in [1.807, 2.05) is 10.8 Å². The molecule has 96 valence electrons. The molecule has 2 rings (SSSR count). The molecule has 0 aromatic carbocycles. The third-order valence-corrected chi connectivity index (χ3v) is 4.93. The third-order valence-electron chi connectivity index (χ3n) is 3.24. The first kappa shape index (κ1) is 12.6. The first-order chi connectivity index (χ1) is 8.12. The van der Waals surface area contributed by atoms with E-state index < -0.39 is 9.84 Å². The van der Waals surface area contributed by atoms with E-state index in [2.05, 4.69) is 10.3 Å². The van der Waals surface area contributed by atoms with E-state index in [4.69, 9.17) is 0 Å². The molecular formula is C11H19N3O2S. The summed E-state index contributed by atoms with van der Waals surface area (Å²) in [5.74, 6) is 0.401. The van der Waals surface area contributed by atoms with Crippen molar-refractivity contribution in [2.45, 2.75) is 32.4 Å². The molecule has 2 heterocycles. The molecule has 0 amide bonds. The molecule has 0 spiro atoms. The molecule has 1 aliphatic heterocycles. The van der Waals surface area contributed by atoms with Crippen LogP contribution in [0.2, 0.25) is 0 Å². The molecular weight excluding hydrogens is 238 g/mol. The minimum Gasteiger partial charge on any atom is -0.332 e. The Hall–Kier alpha value is -0.880. The van der Waals surface area contributed by atoms with E-state index >= 15 is 0 Å². The SMILES string of the molecule is CCS(=O)(=O)CCn1cncc1C1CCCN1. The van der Waals surface area contributed by atoms with Crippen molar-refractivity contribution < 1.29 is 8.42 Å². The van der Waals surface area contributed by atoms with Crippen LogP contribution in [-0.2, 0) is 16.4 Å². The quantitative estimate of drug-likeness (QED) is 0.845. The van der Waals surface area contributed by atoms with Crippen molar-refractivity contribution in [3.05, 3.63) is 18.2 Å². The fraction of sp³-hybridized carbons (Fsp3) is 0.727. The summed E-state index contributed by atoms with van der Waals surface area (Å²) >= 11 is 0. The van der Waals surface area contributed by atoms with E-state index in [9.17, 15) is 8.42 Å². The summed E-state index contributed by atoms with van der Waals surface area (Å²) in [5, 5.41) is 3.40. The van der Waals surface area contributed by atoms with Crippen LogP contribution < -0.4 is 5.32 Å². The molecule has 1 aromatic heterocycles. The van der Waals surface area contributed by atoms with Gasteiger partial charge in [-0.25, -0.2) is 13.4 Å². The molecule has 1 fully saturated rings. The summed E-state index contributed by atoms with van der Waals surface area (Å²) in [6.07, 6.45) is 5.83. The predicted octanol–water partition coefficient (Wildman–Crippen LogP) is 0.742. The predicted molar refractivity (Wildman–Crippen MR) is 66.5 cm³/mol. The van der Waals surface area contributed by atoms with Crippen molar-refractivity contribution in [1.82, 2.24) is 14.9 Å². The molecule has 1 aliphatic rings. The number of aromatic nitrogens is 2. The Bertz CT molecular complexity index is 461. The van der Waals surface area contributed by atoms with Crippen LogP contribution in [0.5, 0.6) is 0 Å². The Labute approximate surface area is 102 Å². The number of hydrogen-bond acceptors (Lipinski definition) is 4. The lowest BCUT2D eigenvalue weighted by Gasteiger charge is -2.13. The number of nitrogens with zero attached hydrogens (tertiary/aromatic N) is 2. The van der Waals surface area contributed by atoms with Gasteiger partial charge in [0.15, 0.2) is 9.84 Å². The number of sulfone groups is 1. The largest absolute Gasteiger partial charge is 0.332 e. The average Bonchev–Trinajstić information content (AvgIpc) is 2.96. The maximum atomic E-state index is 11.5. The van der Waals surface area contributed by atoms with Crippen molar-refractivity contribution >= 4 is 9.84 Å². The molecule has 0 bridgehead atoms. The zero-order valence-corrected chi connectivity index (χ0v) is 10.9. The highest BCUT2D eigenvalue weighted by Crippen LogP contribution is 2.22. The molecule has 5 nitrogen and oxygen atoms in total. The lowest BCUT2D eigenvalue weighted by molar-refractivity contribution is 0.564. The van der Waals surface area contributed by atoms with Crippen molar-refractivity contribution in [3.63, 3.8) is 0 Å². The second-order valence-corrected chi connectivity index (χ2v) is 6.87. The molecule has 6 heteroatoms. The second-order valence-electron chi connectivity index (χ2n) is 4.40. The van der Waals surface area contributed by atoms with Crippen LogP contribution >= 0.6 is 0 Å². The van der Waals surface area contributed by atoms with E-state index in [0.717, 1.165) is 18.7 Å². The van der Waals surface area contributed by atoms with Crippen molar-refractivity contribution in [3.8, 4) is 0 Å². The maximum Gasteiger partial charge on any atom is 0.151 e. The number of imidazole rings is 1. The summed E-state index contributed by atoms with van der Waals surface area (Å²) < 4.78 is 24.9. The van der Waals surface area contributed by atoms with Gasteiger partial charge in [0.05, 0.1) is 17.8 Å². The molecule has 17 heavy (non-hydrogen) atoms. The topological polar surface area (TPSA) is 64.0 Å². The molecule has 1 saturated heterocycles. The van der Waals surface area contributed by atoms with Gasteiger partial charge in [-0.3, -0.25) is 0 Å². The summed E-state index contributed by atoms with van der Waals surface area (Å²) in [6, 6.07) is 0.335. The van der Waals surface area contributed by atoms with Gasteiger partial charge < -0.3 is 9.88 Å². The Morgan fingerprint density at radius 1 is 1.59 bits per heavy atom. The van der Waals surface area contributed by atoms with E-state index in [1.54, 1.807) is 13.3 Å². The first-order valence-electron chi connectivity index (χ1n) is 6.06. The van der Waals surface area contributed by atoms with Gasteiger partial charge in [0, 0.05) is 24.5 Å². The maximum absolute atomic E-state index is 11.5. The number of rotatable bonds is 5. The highest BCUT2D eigenvalue weighted by Gasteiger charge is 2.20. The van der Waals surface area contributed by atoms with Crippen LogP contribution in [0.3, 0.4) is 0 Å². The number of hydrogen-bond donors (Lipinski definition) is 1.